The molecule has 1 fully saturated rings. The van der Waals surface area contributed by atoms with Gasteiger partial charge in [-0.1, -0.05) is 13.8 Å². The fourth-order valence-electron chi connectivity index (χ4n) is 3.52. The Morgan fingerprint density at radius 2 is 1.72 bits per heavy atom. The largest absolute Gasteiger partial charge is 0.481 e. The maximum Gasteiger partial charge on any atom is 0.328 e. The highest BCUT2D eigenvalue weighted by molar-refractivity contribution is 5.94. The third kappa shape index (κ3) is 8.08. The minimum atomic E-state index is -1.52. The highest BCUT2D eigenvalue weighted by Crippen LogP contribution is 2.21. The lowest BCUT2D eigenvalue weighted by atomic mass is 10.0. The third-order valence-electron chi connectivity index (χ3n) is 5.21. The summed E-state index contributed by atoms with van der Waals surface area (Å²) in [4.78, 5) is 61.5. The van der Waals surface area contributed by atoms with Crippen molar-refractivity contribution in [1.29, 1.82) is 0 Å². The number of hydrogen-bond donors (Lipinski definition) is 6. The molecule has 1 rings (SSSR count). The molecule has 1 heterocycles. The average molecular weight is 459 g/mol. The van der Waals surface area contributed by atoms with E-state index in [1.54, 1.807) is 0 Å². The number of carboxylic acids is 2. The van der Waals surface area contributed by atoms with Crippen LogP contribution in [-0.2, 0) is 24.0 Å². The SMILES string of the molecule is CC(C)CC(NC(=O)C(N)CCC(=O)O)C(=O)N1CCCC1C(=O)NC(C(=O)O)C(C)O. The number of nitrogens with one attached hydrogen (secondary N) is 2. The van der Waals surface area contributed by atoms with E-state index >= 15 is 0 Å². The lowest BCUT2D eigenvalue weighted by Gasteiger charge is -2.31. The topological polar surface area (TPSA) is 199 Å². The highest BCUT2D eigenvalue weighted by atomic mass is 16.4. The zero-order valence-corrected chi connectivity index (χ0v) is 18.6. The van der Waals surface area contributed by atoms with E-state index in [-0.39, 0.29) is 31.7 Å². The summed E-state index contributed by atoms with van der Waals surface area (Å²) >= 11 is 0. The summed E-state index contributed by atoms with van der Waals surface area (Å²) in [7, 11) is 0. The van der Waals surface area contributed by atoms with Crippen molar-refractivity contribution in [3.05, 3.63) is 0 Å². The monoisotopic (exact) mass is 458 g/mol. The van der Waals surface area contributed by atoms with Gasteiger partial charge in [0.1, 0.15) is 12.1 Å². The Labute approximate surface area is 186 Å². The molecule has 1 saturated heterocycles. The van der Waals surface area contributed by atoms with Gasteiger partial charge in [-0.3, -0.25) is 19.2 Å². The molecule has 182 valence electrons. The van der Waals surface area contributed by atoms with Crippen LogP contribution in [0.3, 0.4) is 0 Å². The number of carboxylic acid groups (broad SMARTS) is 2. The molecule has 0 radical (unpaired) electrons. The van der Waals surface area contributed by atoms with E-state index in [2.05, 4.69) is 10.6 Å². The first kappa shape index (κ1) is 27.3. The van der Waals surface area contributed by atoms with Crippen LogP contribution in [0.2, 0.25) is 0 Å². The van der Waals surface area contributed by atoms with Crippen LogP contribution in [-0.4, -0.2) is 86.7 Å². The van der Waals surface area contributed by atoms with E-state index in [9.17, 15) is 34.2 Å². The number of aliphatic hydroxyl groups excluding tert-OH is 1. The zero-order chi connectivity index (χ0) is 24.6. The first-order valence-corrected chi connectivity index (χ1v) is 10.6. The predicted octanol–water partition coefficient (Wildman–Crippen LogP) is -1.35. The molecule has 0 aromatic carbocycles. The lowest BCUT2D eigenvalue weighted by Crippen LogP contribution is -2.58. The number of rotatable bonds is 12. The molecule has 5 atom stereocenters. The van der Waals surface area contributed by atoms with Gasteiger partial charge >= 0.3 is 11.9 Å². The summed E-state index contributed by atoms with van der Waals surface area (Å²) in [6.07, 6.45) is -0.621. The van der Waals surface area contributed by atoms with Crippen LogP contribution in [0.1, 0.15) is 52.9 Å². The summed E-state index contributed by atoms with van der Waals surface area (Å²) in [5.41, 5.74) is 5.74. The molecule has 0 saturated carbocycles. The van der Waals surface area contributed by atoms with Gasteiger partial charge in [0.2, 0.25) is 17.7 Å². The van der Waals surface area contributed by atoms with Gasteiger partial charge in [-0.05, 0) is 38.5 Å². The van der Waals surface area contributed by atoms with Crippen molar-refractivity contribution >= 4 is 29.7 Å². The minimum absolute atomic E-state index is 0.0148. The van der Waals surface area contributed by atoms with Crippen molar-refractivity contribution in [2.45, 2.75) is 83.1 Å². The third-order valence-corrected chi connectivity index (χ3v) is 5.21. The van der Waals surface area contributed by atoms with Gasteiger partial charge < -0.3 is 36.6 Å². The average Bonchev–Trinajstić information content (AvgIpc) is 3.17. The van der Waals surface area contributed by atoms with Crippen molar-refractivity contribution in [3.63, 3.8) is 0 Å². The zero-order valence-electron chi connectivity index (χ0n) is 18.6. The maximum atomic E-state index is 13.2. The van der Waals surface area contributed by atoms with Crippen LogP contribution in [0.25, 0.3) is 0 Å². The van der Waals surface area contributed by atoms with E-state index in [0.29, 0.717) is 12.8 Å². The second-order valence-electron chi connectivity index (χ2n) is 8.48. The summed E-state index contributed by atoms with van der Waals surface area (Å²) in [5, 5.41) is 32.4. The van der Waals surface area contributed by atoms with Crippen molar-refractivity contribution in [1.82, 2.24) is 15.5 Å². The second-order valence-corrected chi connectivity index (χ2v) is 8.48. The van der Waals surface area contributed by atoms with Gasteiger partial charge in [-0.2, -0.15) is 0 Å². The van der Waals surface area contributed by atoms with Crippen LogP contribution in [0.5, 0.6) is 0 Å². The van der Waals surface area contributed by atoms with Crippen LogP contribution in [0, 0.1) is 5.92 Å². The molecule has 0 aromatic heterocycles. The Kier molecular flexibility index (Phi) is 10.5. The Hall–Kier alpha value is -2.73. The summed E-state index contributed by atoms with van der Waals surface area (Å²) < 4.78 is 0. The molecule has 12 nitrogen and oxygen atoms in total. The highest BCUT2D eigenvalue weighted by Gasteiger charge is 2.39. The number of likely N-dealkylation sites (tertiary alicyclic amines) is 1. The number of nitrogens with zero attached hydrogens (tertiary/aromatic N) is 1. The number of nitrogens with two attached hydrogens (primary N) is 1. The first-order valence-electron chi connectivity index (χ1n) is 10.6. The van der Waals surface area contributed by atoms with Crippen molar-refractivity contribution in [2.75, 3.05) is 6.54 Å². The molecular weight excluding hydrogens is 424 g/mol. The minimum Gasteiger partial charge on any atom is -0.481 e. The van der Waals surface area contributed by atoms with Crippen LogP contribution in [0.15, 0.2) is 0 Å². The van der Waals surface area contributed by atoms with Crippen LogP contribution < -0.4 is 16.4 Å². The lowest BCUT2D eigenvalue weighted by molar-refractivity contribution is -0.147. The number of carbonyl (C=O) groups excluding carboxylic acids is 3. The number of carbonyl (C=O) groups is 5. The van der Waals surface area contributed by atoms with E-state index in [4.69, 9.17) is 10.8 Å². The molecule has 1 aliphatic rings. The molecule has 1 aliphatic heterocycles. The van der Waals surface area contributed by atoms with Crippen molar-refractivity contribution in [2.24, 2.45) is 11.7 Å². The Morgan fingerprint density at radius 3 is 2.22 bits per heavy atom. The fourth-order valence-corrected chi connectivity index (χ4v) is 3.52. The van der Waals surface area contributed by atoms with Crippen molar-refractivity contribution in [3.8, 4) is 0 Å². The normalized spacial score (nSPS) is 19.7. The Morgan fingerprint density at radius 1 is 1.09 bits per heavy atom. The van der Waals surface area contributed by atoms with Gasteiger partial charge in [0.05, 0.1) is 12.1 Å². The van der Waals surface area contributed by atoms with Gasteiger partial charge in [0, 0.05) is 13.0 Å². The molecule has 7 N–H and O–H groups in total. The molecule has 0 aliphatic carbocycles. The number of aliphatic hydroxyl groups is 1. The van der Waals surface area contributed by atoms with Gasteiger partial charge in [0.15, 0.2) is 6.04 Å². The number of amides is 3. The van der Waals surface area contributed by atoms with Crippen LogP contribution >= 0.6 is 0 Å². The Balaban J connectivity index is 2.93. The molecule has 5 unspecified atom stereocenters. The summed E-state index contributed by atoms with van der Waals surface area (Å²) in [6.45, 7) is 5.19. The van der Waals surface area contributed by atoms with Gasteiger partial charge in [0.25, 0.3) is 0 Å². The number of aliphatic carboxylic acids is 2. The van der Waals surface area contributed by atoms with Gasteiger partial charge in [-0.25, -0.2) is 4.79 Å². The van der Waals surface area contributed by atoms with E-state index < -0.39 is 59.9 Å². The molecule has 12 heteroatoms. The van der Waals surface area contributed by atoms with E-state index in [0.717, 1.165) is 0 Å². The number of hydrogen-bond acceptors (Lipinski definition) is 7. The van der Waals surface area contributed by atoms with E-state index in [1.165, 1.54) is 11.8 Å². The van der Waals surface area contributed by atoms with Crippen molar-refractivity contribution < 1.29 is 39.3 Å². The smallest absolute Gasteiger partial charge is 0.328 e. The van der Waals surface area contributed by atoms with Gasteiger partial charge in [-0.15, -0.1) is 0 Å². The molecule has 0 aromatic rings. The first-order chi connectivity index (χ1) is 14.8. The molecule has 3 amide bonds. The summed E-state index contributed by atoms with van der Waals surface area (Å²) in [5.74, 6) is -4.34. The quantitative estimate of drug-likeness (QED) is 0.204. The molecular formula is C20H34N4O8. The fraction of sp³-hybridized carbons (Fsp3) is 0.750. The molecule has 0 bridgehead atoms. The van der Waals surface area contributed by atoms with E-state index in [1.807, 2.05) is 13.8 Å². The molecule has 0 spiro atoms. The second kappa shape index (κ2) is 12.3. The molecule has 32 heavy (non-hydrogen) atoms. The maximum absolute atomic E-state index is 13.2. The summed E-state index contributed by atoms with van der Waals surface area (Å²) in [6, 6.07) is -4.53. The Bertz CT molecular complexity index is 712. The predicted molar refractivity (Wildman–Crippen MR) is 112 cm³/mol. The van der Waals surface area contributed by atoms with Crippen LogP contribution in [0.4, 0.5) is 0 Å². The standard InChI is InChI=1S/C20H34N4O8/c1-10(2)9-13(22-17(28)12(21)6-7-15(26)27)19(30)24-8-4-5-14(24)18(29)23-16(11(3)25)20(31)32/h10-14,16,25H,4-9,21H2,1-3H3,(H,22,28)(H,23,29)(H,26,27)(H,31,32).